The zero-order chi connectivity index (χ0) is 13.2. The van der Waals surface area contributed by atoms with Crippen LogP contribution in [0.15, 0.2) is 10.6 Å². The number of nitrogens with zero attached hydrogens (tertiary/aromatic N) is 4. The SMILES string of the molecule is Cc1nc(Cn2cc(CNCC3CC3)nn2)oc1C. The normalized spacial score (nSPS) is 15.1. The Balaban J connectivity index is 1.54. The molecule has 102 valence electrons. The third-order valence-electron chi connectivity index (χ3n) is 3.39. The highest BCUT2D eigenvalue weighted by molar-refractivity contribution is 5.05. The summed E-state index contributed by atoms with van der Waals surface area (Å²) < 4.78 is 7.30. The smallest absolute Gasteiger partial charge is 0.216 e. The highest BCUT2D eigenvalue weighted by atomic mass is 16.4. The van der Waals surface area contributed by atoms with Crippen molar-refractivity contribution < 1.29 is 4.42 Å². The van der Waals surface area contributed by atoms with Crippen molar-refractivity contribution in [1.29, 1.82) is 0 Å². The Morgan fingerprint density at radius 2 is 2.26 bits per heavy atom. The van der Waals surface area contributed by atoms with Crippen LogP contribution < -0.4 is 5.32 Å². The molecular formula is C13H19N5O. The maximum atomic E-state index is 5.53. The lowest BCUT2D eigenvalue weighted by molar-refractivity contribution is 0.442. The van der Waals surface area contributed by atoms with E-state index < -0.39 is 0 Å². The Kier molecular flexibility index (Phi) is 3.33. The van der Waals surface area contributed by atoms with Crippen molar-refractivity contribution in [2.75, 3.05) is 6.54 Å². The Labute approximate surface area is 112 Å². The first kappa shape index (κ1) is 12.3. The molecule has 1 saturated carbocycles. The first-order valence-corrected chi connectivity index (χ1v) is 6.73. The molecule has 0 aliphatic heterocycles. The Hall–Kier alpha value is -1.69. The second-order valence-electron chi connectivity index (χ2n) is 5.23. The van der Waals surface area contributed by atoms with Gasteiger partial charge in [0.2, 0.25) is 5.89 Å². The molecular weight excluding hydrogens is 242 g/mol. The van der Waals surface area contributed by atoms with Crippen molar-refractivity contribution in [2.45, 2.75) is 39.8 Å². The number of nitrogens with one attached hydrogen (secondary N) is 1. The number of aromatic nitrogens is 4. The van der Waals surface area contributed by atoms with E-state index in [1.807, 2.05) is 20.0 Å². The van der Waals surface area contributed by atoms with E-state index in [4.69, 9.17) is 4.42 Å². The van der Waals surface area contributed by atoms with Gasteiger partial charge in [0, 0.05) is 6.54 Å². The average molecular weight is 261 g/mol. The van der Waals surface area contributed by atoms with Gasteiger partial charge < -0.3 is 9.73 Å². The largest absolute Gasteiger partial charge is 0.444 e. The third-order valence-corrected chi connectivity index (χ3v) is 3.39. The summed E-state index contributed by atoms with van der Waals surface area (Å²) in [4.78, 5) is 4.34. The van der Waals surface area contributed by atoms with E-state index in [1.54, 1.807) is 4.68 Å². The lowest BCUT2D eigenvalue weighted by atomic mass is 10.4. The lowest BCUT2D eigenvalue weighted by Crippen LogP contribution is -2.16. The number of hydrogen-bond acceptors (Lipinski definition) is 5. The van der Waals surface area contributed by atoms with Crippen LogP contribution in [-0.2, 0) is 13.1 Å². The topological polar surface area (TPSA) is 68.8 Å². The fourth-order valence-electron chi connectivity index (χ4n) is 1.97. The minimum absolute atomic E-state index is 0.532. The summed E-state index contributed by atoms with van der Waals surface area (Å²) in [5.41, 5.74) is 1.89. The molecule has 2 heterocycles. The molecule has 19 heavy (non-hydrogen) atoms. The van der Waals surface area contributed by atoms with Crippen LogP contribution in [0.25, 0.3) is 0 Å². The lowest BCUT2D eigenvalue weighted by Gasteiger charge is -1.98. The van der Waals surface area contributed by atoms with Gasteiger partial charge in [0.15, 0.2) is 0 Å². The molecule has 0 saturated heterocycles. The highest BCUT2D eigenvalue weighted by Crippen LogP contribution is 2.27. The van der Waals surface area contributed by atoms with Crippen LogP contribution in [0, 0.1) is 19.8 Å². The molecule has 1 aliphatic carbocycles. The van der Waals surface area contributed by atoms with Gasteiger partial charge in [-0.05, 0) is 39.2 Å². The number of rotatable bonds is 6. The van der Waals surface area contributed by atoms with E-state index in [9.17, 15) is 0 Å². The molecule has 6 nitrogen and oxygen atoms in total. The first-order chi connectivity index (χ1) is 9.20. The van der Waals surface area contributed by atoms with E-state index in [2.05, 4.69) is 20.6 Å². The van der Waals surface area contributed by atoms with Gasteiger partial charge in [-0.25, -0.2) is 9.67 Å². The minimum Gasteiger partial charge on any atom is -0.444 e. The van der Waals surface area contributed by atoms with Gasteiger partial charge >= 0.3 is 0 Å². The summed E-state index contributed by atoms with van der Waals surface area (Å²) in [6, 6.07) is 0. The molecule has 3 rings (SSSR count). The predicted molar refractivity (Wildman–Crippen MR) is 69.5 cm³/mol. The fourth-order valence-corrected chi connectivity index (χ4v) is 1.97. The Bertz CT molecular complexity index is 536. The standard InChI is InChI=1S/C13H19N5O/c1-9-10(2)19-13(15-9)8-18-7-12(16-17-18)6-14-5-11-3-4-11/h7,11,14H,3-6,8H2,1-2H3. The van der Waals surface area contributed by atoms with Gasteiger partial charge in [0.05, 0.1) is 17.6 Å². The van der Waals surface area contributed by atoms with Crippen molar-refractivity contribution in [2.24, 2.45) is 5.92 Å². The van der Waals surface area contributed by atoms with Gasteiger partial charge in [0.25, 0.3) is 0 Å². The van der Waals surface area contributed by atoms with Gasteiger partial charge in [-0.3, -0.25) is 0 Å². The molecule has 2 aromatic rings. The molecule has 1 N–H and O–H groups in total. The van der Waals surface area contributed by atoms with Gasteiger partial charge in [0.1, 0.15) is 12.3 Å². The van der Waals surface area contributed by atoms with Crippen molar-refractivity contribution in [3.63, 3.8) is 0 Å². The van der Waals surface area contributed by atoms with Crippen LogP contribution >= 0.6 is 0 Å². The molecule has 6 heteroatoms. The van der Waals surface area contributed by atoms with E-state index in [0.717, 1.165) is 36.2 Å². The summed E-state index contributed by atoms with van der Waals surface area (Å²) in [6.45, 7) is 6.26. The average Bonchev–Trinajstić information content (AvgIpc) is 3.00. The van der Waals surface area contributed by atoms with Crippen LogP contribution in [0.4, 0.5) is 0 Å². The van der Waals surface area contributed by atoms with E-state index in [1.165, 1.54) is 12.8 Å². The molecule has 0 aromatic carbocycles. The van der Waals surface area contributed by atoms with E-state index in [-0.39, 0.29) is 0 Å². The molecule has 0 unspecified atom stereocenters. The zero-order valence-corrected chi connectivity index (χ0v) is 11.4. The second kappa shape index (κ2) is 5.13. The van der Waals surface area contributed by atoms with Crippen LogP contribution in [0.3, 0.4) is 0 Å². The summed E-state index contributed by atoms with van der Waals surface area (Å²) >= 11 is 0. The van der Waals surface area contributed by atoms with E-state index >= 15 is 0 Å². The van der Waals surface area contributed by atoms with Crippen molar-refractivity contribution in [3.8, 4) is 0 Å². The highest BCUT2D eigenvalue weighted by Gasteiger charge is 2.20. The van der Waals surface area contributed by atoms with Crippen LogP contribution in [0.5, 0.6) is 0 Å². The fraction of sp³-hybridized carbons (Fsp3) is 0.615. The second-order valence-corrected chi connectivity index (χ2v) is 5.23. The molecule has 2 aromatic heterocycles. The number of oxazole rings is 1. The molecule has 1 fully saturated rings. The predicted octanol–water partition coefficient (Wildman–Crippen LogP) is 1.43. The number of hydrogen-bond donors (Lipinski definition) is 1. The summed E-state index contributed by atoms with van der Waals surface area (Å²) in [5.74, 6) is 2.42. The van der Waals surface area contributed by atoms with Gasteiger partial charge in [-0.15, -0.1) is 5.10 Å². The maximum Gasteiger partial charge on any atom is 0.216 e. The molecule has 1 aliphatic rings. The van der Waals surface area contributed by atoms with Crippen molar-refractivity contribution in [1.82, 2.24) is 25.3 Å². The zero-order valence-electron chi connectivity index (χ0n) is 11.4. The van der Waals surface area contributed by atoms with Crippen LogP contribution in [0.2, 0.25) is 0 Å². The van der Waals surface area contributed by atoms with Gasteiger partial charge in [-0.1, -0.05) is 5.21 Å². The van der Waals surface area contributed by atoms with Crippen LogP contribution in [-0.4, -0.2) is 26.5 Å². The van der Waals surface area contributed by atoms with Crippen molar-refractivity contribution >= 4 is 0 Å². The Morgan fingerprint density at radius 3 is 2.95 bits per heavy atom. The van der Waals surface area contributed by atoms with Crippen molar-refractivity contribution in [3.05, 3.63) is 29.2 Å². The Morgan fingerprint density at radius 1 is 1.42 bits per heavy atom. The minimum atomic E-state index is 0.532. The number of aryl methyl sites for hydroxylation is 2. The van der Waals surface area contributed by atoms with Crippen LogP contribution in [0.1, 0.15) is 35.9 Å². The third kappa shape index (κ3) is 3.20. The summed E-state index contributed by atoms with van der Waals surface area (Å²) in [7, 11) is 0. The molecule has 0 radical (unpaired) electrons. The summed E-state index contributed by atoms with van der Waals surface area (Å²) in [5, 5.41) is 11.6. The summed E-state index contributed by atoms with van der Waals surface area (Å²) in [6.07, 6.45) is 4.67. The maximum absolute atomic E-state index is 5.53. The quantitative estimate of drug-likeness (QED) is 0.852. The molecule has 0 spiro atoms. The first-order valence-electron chi connectivity index (χ1n) is 6.73. The molecule has 0 atom stereocenters. The molecule has 0 amide bonds. The monoisotopic (exact) mass is 261 g/mol. The molecule has 0 bridgehead atoms. The van der Waals surface area contributed by atoms with Gasteiger partial charge in [-0.2, -0.15) is 0 Å². The van der Waals surface area contributed by atoms with E-state index in [0.29, 0.717) is 12.4 Å².